The van der Waals surface area contributed by atoms with Gasteiger partial charge in [0.2, 0.25) is 10.0 Å². The van der Waals surface area contributed by atoms with E-state index in [0.717, 1.165) is 16.8 Å². The van der Waals surface area contributed by atoms with Crippen molar-refractivity contribution in [2.75, 3.05) is 0 Å². The van der Waals surface area contributed by atoms with E-state index in [1.54, 1.807) is 30.5 Å². The Kier molecular flexibility index (Phi) is 4.49. The van der Waals surface area contributed by atoms with Crippen molar-refractivity contribution in [3.63, 3.8) is 0 Å². The van der Waals surface area contributed by atoms with Gasteiger partial charge >= 0.3 is 0 Å². The lowest BCUT2D eigenvalue weighted by atomic mass is 10.2. The molecular weight excluding hydrogens is 274 g/mol. The second-order valence-corrected chi connectivity index (χ2v) is 6.21. The summed E-state index contributed by atoms with van der Waals surface area (Å²) in [4.78, 5) is 4.38. The van der Waals surface area contributed by atoms with Gasteiger partial charge in [-0.15, -0.1) is 0 Å². The summed E-state index contributed by atoms with van der Waals surface area (Å²) in [6, 6.07) is 10.2. The summed E-state index contributed by atoms with van der Waals surface area (Å²) in [6.07, 6.45) is 1.65. The number of pyridine rings is 1. The van der Waals surface area contributed by atoms with Crippen molar-refractivity contribution in [1.29, 1.82) is 0 Å². The minimum atomic E-state index is -3.53. The van der Waals surface area contributed by atoms with Gasteiger partial charge in [0.25, 0.3) is 0 Å². The molecular formula is C14H17N3O2S. The number of rotatable bonds is 5. The molecule has 0 aliphatic carbocycles. The molecule has 3 N–H and O–H groups in total. The van der Waals surface area contributed by atoms with Gasteiger partial charge in [0.15, 0.2) is 0 Å². The molecule has 1 aromatic heterocycles. The van der Waals surface area contributed by atoms with Crippen LogP contribution in [-0.2, 0) is 23.1 Å². The van der Waals surface area contributed by atoms with E-state index in [0.29, 0.717) is 6.54 Å². The van der Waals surface area contributed by atoms with E-state index in [1.807, 2.05) is 19.1 Å². The second kappa shape index (κ2) is 6.13. The number of hydrogen-bond donors (Lipinski definition) is 2. The summed E-state index contributed by atoms with van der Waals surface area (Å²) in [5.41, 5.74) is 8.05. The molecule has 5 nitrogen and oxygen atoms in total. The van der Waals surface area contributed by atoms with Crippen LogP contribution in [0.4, 0.5) is 0 Å². The maximum Gasteiger partial charge on any atom is 0.240 e. The van der Waals surface area contributed by atoms with E-state index in [2.05, 4.69) is 9.71 Å². The number of aromatic nitrogens is 1. The Hall–Kier alpha value is -1.76. The smallest absolute Gasteiger partial charge is 0.240 e. The van der Waals surface area contributed by atoms with Gasteiger partial charge in [-0.05, 0) is 36.2 Å². The van der Waals surface area contributed by atoms with Gasteiger partial charge in [0.05, 0.1) is 17.1 Å². The predicted octanol–water partition coefficient (Wildman–Crippen LogP) is 1.33. The van der Waals surface area contributed by atoms with Crippen molar-refractivity contribution in [2.45, 2.75) is 24.9 Å². The fraction of sp³-hybridized carbons (Fsp3) is 0.214. The van der Waals surface area contributed by atoms with Gasteiger partial charge in [0.1, 0.15) is 0 Å². The van der Waals surface area contributed by atoms with Gasteiger partial charge in [-0.1, -0.05) is 18.2 Å². The SMILES string of the molecule is Cc1cccnc1CNS(=O)(=O)c1ccc(CN)cc1. The lowest BCUT2D eigenvalue weighted by molar-refractivity contribution is 0.580. The number of aryl methyl sites for hydroxylation is 1. The van der Waals surface area contributed by atoms with Crippen LogP contribution in [0, 0.1) is 6.92 Å². The molecule has 0 saturated carbocycles. The predicted molar refractivity (Wildman–Crippen MR) is 77.3 cm³/mol. The van der Waals surface area contributed by atoms with Crippen molar-refractivity contribution >= 4 is 10.0 Å². The first-order valence-corrected chi connectivity index (χ1v) is 7.70. The number of nitrogens with two attached hydrogens (primary N) is 1. The highest BCUT2D eigenvalue weighted by Crippen LogP contribution is 2.11. The lowest BCUT2D eigenvalue weighted by Gasteiger charge is -2.08. The fourth-order valence-corrected chi connectivity index (χ4v) is 2.74. The van der Waals surface area contributed by atoms with Crippen LogP contribution < -0.4 is 10.5 Å². The molecule has 0 bridgehead atoms. The summed E-state index contributed by atoms with van der Waals surface area (Å²) in [7, 11) is -3.53. The summed E-state index contributed by atoms with van der Waals surface area (Å²) >= 11 is 0. The Morgan fingerprint density at radius 1 is 1.20 bits per heavy atom. The summed E-state index contributed by atoms with van der Waals surface area (Å²) in [6.45, 7) is 2.46. The first kappa shape index (κ1) is 14.6. The molecule has 0 atom stereocenters. The fourth-order valence-electron chi connectivity index (χ4n) is 1.75. The summed E-state index contributed by atoms with van der Waals surface area (Å²) in [5.74, 6) is 0. The number of benzene rings is 1. The monoisotopic (exact) mass is 291 g/mol. The maximum absolute atomic E-state index is 12.1. The standard InChI is InChI=1S/C14H17N3O2S/c1-11-3-2-8-16-14(11)10-17-20(18,19)13-6-4-12(9-15)5-7-13/h2-8,17H,9-10,15H2,1H3. The molecule has 0 spiro atoms. The highest BCUT2D eigenvalue weighted by atomic mass is 32.2. The molecule has 0 aliphatic heterocycles. The minimum Gasteiger partial charge on any atom is -0.326 e. The Morgan fingerprint density at radius 3 is 2.50 bits per heavy atom. The Bertz CT molecular complexity index is 682. The van der Waals surface area contributed by atoms with Gasteiger partial charge in [-0.3, -0.25) is 4.98 Å². The molecule has 0 radical (unpaired) electrons. The van der Waals surface area contributed by atoms with Crippen molar-refractivity contribution in [3.05, 3.63) is 59.4 Å². The van der Waals surface area contributed by atoms with Crippen molar-refractivity contribution < 1.29 is 8.42 Å². The molecule has 1 heterocycles. The highest BCUT2D eigenvalue weighted by Gasteiger charge is 2.14. The van der Waals surface area contributed by atoms with E-state index in [1.165, 1.54) is 0 Å². The first-order valence-electron chi connectivity index (χ1n) is 6.22. The van der Waals surface area contributed by atoms with Crippen molar-refractivity contribution in [3.8, 4) is 0 Å². The maximum atomic E-state index is 12.1. The van der Waals surface area contributed by atoms with Crippen LogP contribution in [0.25, 0.3) is 0 Å². The lowest BCUT2D eigenvalue weighted by Crippen LogP contribution is -2.24. The van der Waals surface area contributed by atoms with Gasteiger partial charge in [0, 0.05) is 12.7 Å². The van der Waals surface area contributed by atoms with Gasteiger partial charge in [-0.25, -0.2) is 13.1 Å². The molecule has 0 unspecified atom stereocenters. The van der Waals surface area contributed by atoms with Crippen LogP contribution in [0.5, 0.6) is 0 Å². The summed E-state index contributed by atoms with van der Waals surface area (Å²) < 4.78 is 26.8. The molecule has 106 valence electrons. The first-order chi connectivity index (χ1) is 9.53. The van der Waals surface area contributed by atoms with Gasteiger partial charge in [-0.2, -0.15) is 0 Å². The van der Waals surface area contributed by atoms with Crippen LogP contribution in [0.3, 0.4) is 0 Å². The number of nitrogens with one attached hydrogen (secondary N) is 1. The third-order valence-corrected chi connectivity index (χ3v) is 4.43. The molecule has 1 aromatic carbocycles. The van der Waals surface area contributed by atoms with Crippen LogP contribution in [0.1, 0.15) is 16.8 Å². The zero-order chi connectivity index (χ0) is 14.6. The second-order valence-electron chi connectivity index (χ2n) is 4.44. The Balaban J connectivity index is 2.13. The van der Waals surface area contributed by atoms with Crippen LogP contribution in [0.15, 0.2) is 47.5 Å². The van der Waals surface area contributed by atoms with E-state index in [9.17, 15) is 8.42 Å². The van der Waals surface area contributed by atoms with Crippen LogP contribution in [0.2, 0.25) is 0 Å². The topological polar surface area (TPSA) is 85.1 Å². The van der Waals surface area contributed by atoms with Crippen LogP contribution in [-0.4, -0.2) is 13.4 Å². The molecule has 0 aliphatic rings. The normalized spacial score (nSPS) is 11.5. The Morgan fingerprint density at radius 2 is 1.90 bits per heavy atom. The molecule has 6 heteroatoms. The average molecular weight is 291 g/mol. The zero-order valence-corrected chi connectivity index (χ0v) is 12.0. The third kappa shape index (κ3) is 3.41. The molecule has 0 amide bonds. The number of sulfonamides is 1. The van der Waals surface area contributed by atoms with E-state index in [4.69, 9.17) is 5.73 Å². The van der Waals surface area contributed by atoms with E-state index >= 15 is 0 Å². The quantitative estimate of drug-likeness (QED) is 0.870. The Labute approximate surface area is 118 Å². The zero-order valence-electron chi connectivity index (χ0n) is 11.2. The molecule has 0 fully saturated rings. The molecule has 2 rings (SSSR count). The number of hydrogen-bond acceptors (Lipinski definition) is 4. The highest BCUT2D eigenvalue weighted by molar-refractivity contribution is 7.89. The summed E-state index contributed by atoms with van der Waals surface area (Å²) in [5, 5.41) is 0. The van der Waals surface area contributed by atoms with E-state index in [-0.39, 0.29) is 11.4 Å². The van der Waals surface area contributed by atoms with Crippen molar-refractivity contribution in [2.24, 2.45) is 5.73 Å². The molecule has 2 aromatic rings. The van der Waals surface area contributed by atoms with Gasteiger partial charge < -0.3 is 5.73 Å². The average Bonchev–Trinajstić information content (AvgIpc) is 2.46. The van der Waals surface area contributed by atoms with Crippen LogP contribution >= 0.6 is 0 Å². The van der Waals surface area contributed by atoms with Crippen molar-refractivity contribution in [1.82, 2.24) is 9.71 Å². The minimum absolute atomic E-state index is 0.174. The number of nitrogens with zero attached hydrogens (tertiary/aromatic N) is 1. The van der Waals surface area contributed by atoms with E-state index < -0.39 is 10.0 Å². The largest absolute Gasteiger partial charge is 0.326 e. The molecule has 0 saturated heterocycles. The third-order valence-electron chi connectivity index (χ3n) is 3.02. The molecule has 20 heavy (non-hydrogen) atoms.